The fourth-order valence-electron chi connectivity index (χ4n) is 1.84. The molecule has 0 aromatic heterocycles. The summed E-state index contributed by atoms with van der Waals surface area (Å²) in [5.74, 6) is 0. The van der Waals surface area contributed by atoms with Crippen molar-refractivity contribution in [2.24, 2.45) is 10.2 Å². The second-order valence-corrected chi connectivity index (χ2v) is 6.45. The van der Waals surface area contributed by atoms with Crippen molar-refractivity contribution in [2.75, 3.05) is 40.2 Å². The van der Waals surface area contributed by atoms with E-state index in [0.717, 1.165) is 18.5 Å². The first kappa shape index (κ1) is 20.0. The molecule has 24 heavy (non-hydrogen) atoms. The van der Waals surface area contributed by atoms with Gasteiger partial charge in [0.15, 0.2) is 0 Å². The molecule has 2 unspecified atom stereocenters. The predicted molar refractivity (Wildman–Crippen MR) is 89.6 cm³/mol. The molecule has 1 aromatic carbocycles. The number of benzene rings is 1. The van der Waals surface area contributed by atoms with Crippen LogP contribution in [0.25, 0.3) is 0 Å². The summed E-state index contributed by atoms with van der Waals surface area (Å²) in [5.41, 5.74) is 2.05. The Kier molecular flexibility index (Phi) is 7.29. The summed E-state index contributed by atoms with van der Waals surface area (Å²) in [5, 5.41) is 8.66. The largest absolute Gasteiger partial charge is 0.726 e. The minimum Gasteiger partial charge on any atom is -0.726 e. The smallest absolute Gasteiger partial charge is 0.284 e. The van der Waals surface area contributed by atoms with Crippen LogP contribution in [0.3, 0.4) is 0 Å². The van der Waals surface area contributed by atoms with E-state index in [4.69, 9.17) is 0 Å². The van der Waals surface area contributed by atoms with E-state index >= 15 is 0 Å². The van der Waals surface area contributed by atoms with E-state index in [9.17, 15) is 13.0 Å². The lowest BCUT2D eigenvalue weighted by Gasteiger charge is -2.16. The molecular formula is C14H23N5O4S. The molecule has 0 saturated carbocycles. The van der Waals surface area contributed by atoms with Gasteiger partial charge in [-0.1, -0.05) is 0 Å². The van der Waals surface area contributed by atoms with Crippen LogP contribution in [0.5, 0.6) is 0 Å². The average Bonchev–Trinajstić information content (AvgIpc) is 2.84. The average molecular weight is 357 g/mol. The highest BCUT2D eigenvalue weighted by molar-refractivity contribution is 7.80. The Balaban J connectivity index is 0.000000413. The Morgan fingerprint density at radius 1 is 1.29 bits per heavy atom. The summed E-state index contributed by atoms with van der Waals surface area (Å²) in [4.78, 5) is 5.33. The molecule has 0 spiro atoms. The third-order valence-corrected chi connectivity index (χ3v) is 3.63. The maximum Gasteiger partial charge on any atom is 0.284 e. The fourth-order valence-corrected chi connectivity index (χ4v) is 1.84. The topological polar surface area (TPSA) is 102 Å². The lowest BCUT2D eigenvalue weighted by Crippen LogP contribution is -3.08. The van der Waals surface area contributed by atoms with Gasteiger partial charge in [0.1, 0.15) is 6.20 Å². The zero-order chi connectivity index (χ0) is 18.3. The van der Waals surface area contributed by atoms with Crippen molar-refractivity contribution in [3.05, 3.63) is 36.7 Å². The minimum atomic E-state index is -4.41. The van der Waals surface area contributed by atoms with Crippen LogP contribution in [0.2, 0.25) is 0 Å². The Morgan fingerprint density at radius 2 is 1.83 bits per heavy atom. The van der Waals surface area contributed by atoms with E-state index in [0.29, 0.717) is 0 Å². The highest BCUT2D eigenvalue weighted by Gasteiger charge is 2.24. The molecule has 1 aromatic rings. The van der Waals surface area contributed by atoms with Crippen LogP contribution < -0.4 is 9.80 Å². The van der Waals surface area contributed by atoms with Gasteiger partial charge in [0.05, 0.1) is 26.0 Å². The molecule has 0 aliphatic carbocycles. The molecule has 9 nitrogen and oxygen atoms in total. The zero-order valence-corrected chi connectivity index (χ0v) is 15.2. The number of anilines is 1. The quantitative estimate of drug-likeness (QED) is 0.467. The number of quaternary nitrogens is 1. The van der Waals surface area contributed by atoms with Crippen LogP contribution >= 0.6 is 0 Å². The van der Waals surface area contributed by atoms with Gasteiger partial charge in [0.25, 0.3) is 6.29 Å². The molecule has 0 amide bonds. The van der Waals surface area contributed by atoms with E-state index in [2.05, 4.69) is 32.6 Å². The first-order valence-electron chi connectivity index (χ1n) is 7.07. The predicted octanol–water partition coefficient (Wildman–Crippen LogP) is 0.144. The monoisotopic (exact) mass is 357 g/mol. The van der Waals surface area contributed by atoms with Crippen LogP contribution in [0.15, 0.2) is 46.9 Å². The van der Waals surface area contributed by atoms with Gasteiger partial charge >= 0.3 is 0 Å². The molecular weight excluding hydrogens is 334 g/mol. The van der Waals surface area contributed by atoms with Gasteiger partial charge in [-0.25, -0.2) is 8.42 Å². The maximum atomic E-state index is 9.22. The van der Waals surface area contributed by atoms with E-state index in [1.807, 2.05) is 56.5 Å². The number of azo groups is 1. The molecule has 1 N–H and O–H groups in total. The van der Waals surface area contributed by atoms with E-state index in [-0.39, 0.29) is 6.29 Å². The molecule has 2 atom stereocenters. The van der Waals surface area contributed by atoms with Gasteiger partial charge in [-0.05, 0) is 24.3 Å². The van der Waals surface area contributed by atoms with Gasteiger partial charge < -0.3 is 14.4 Å². The molecule has 0 fully saturated rings. The SMILES string of the molecule is CN(C)c1ccc(N=NC2N(C)C=C[NH+]2C)cc1.COS(=O)(=O)[O-]. The first-order chi connectivity index (χ1) is 11.1. The number of hydrogen-bond acceptors (Lipinski definition) is 8. The molecule has 0 saturated heterocycles. The zero-order valence-electron chi connectivity index (χ0n) is 14.4. The number of rotatable bonds is 4. The number of nitrogens with zero attached hydrogens (tertiary/aromatic N) is 4. The summed E-state index contributed by atoms with van der Waals surface area (Å²) >= 11 is 0. The van der Waals surface area contributed by atoms with Gasteiger partial charge in [-0.3, -0.25) is 9.08 Å². The second kappa shape index (κ2) is 8.73. The van der Waals surface area contributed by atoms with Gasteiger partial charge in [-0.2, -0.15) is 0 Å². The van der Waals surface area contributed by atoms with Crippen molar-refractivity contribution < 1.29 is 22.1 Å². The molecule has 1 aliphatic rings. The molecule has 2 rings (SSSR count). The van der Waals surface area contributed by atoms with Crippen molar-refractivity contribution in [1.82, 2.24) is 4.90 Å². The van der Waals surface area contributed by atoms with Crippen LogP contribution in [-0.2, 0) is 14.6 Å². The minimum absolute atomic E-state index is 0.0403. The summed E-state index contributed by atoms with van der Waals surface area (Å²) in [7, 11) is 4.51. The van der Waals surface area contributed by atoms with E-state index in [1.54, 1.807) is 0 Å². The molecule has 0 bridgehead atoms. The first-order valence-corrected chi connectivity index (χ1v) is 8.40. The van der Waals surface area contributed by atoms with Crippen LogP contribution in [0.1, 0.15) is 0 Å². The summed E-state index contributed by atoms with van der Waals surface area (Å²) in [6.45, 7) is 0. The maximum absolute atomic E-state index is 9.22. The summed E-state index contributed by atoms with van der Waals surface area (Å²) < 4.78 is 31.0. The van der Waals surface area contributed by atoms with Crippen LogP contribution in [-0.4, -0.2) is 59.5 Å². The third kappa shape index (κ3) is 6.62. The molecule has 1 aliphatic heterocycles. The van der Waals surface area contributed by atoms with Crippen molar-refractivity contribution in [2.45, 2.75) is 6.29 Å². The standard InChI is InChI=1S/C13H19N5.CH4O4S/c1-16(2)12-7-5-11(6-8-12)14-15-13-17(3)9-10-18(13)4;1-5-6(2,3)4/h5-10,13H,1-4H3;1H3,(H,2,3,4). The van der Waals surface area contributed by atoms with Crippen LogP contribution in [0.4, 0.5) is 11.4 Å². The Hall–Kier alpha value is -2.01. The molecule has 134 valence electrons. The Morgan fingerprint density at radius 3 is 2.21 bits per heavy atom. The van der Waals surface area contributed by atoms with Gasteiger partial charge in [0, 0.05) is 26.8 Å². The molecule has 0 radical (unpaired) electrons. The Bertz CT molecular complexity index is 661. The van der Waals surface area contributed by atoms with Crippen molar-refractivity contribution in [3.8, 4) is 0 Å². The van der Waals surface area contributed by atoms with Gasteiger partial charge in [-0.15, -0.1) is 10.2 Å². The third-order valence-electron chi connectivity index (χ3n) is 3.22. The van der Waals surface area contributed by atoms with Gasteiger partial charge in [0.2, 0.25) is 10.4 Å². The van der Waals surface area contributed by atoms with Crippen molar-refractivity contribution in [1.29, 1.82) is 0 Å². The van der Waals surface area contributed by atoms with Crippen molar-refractivity contribution in [3.63, 3.8) is 0 Å². The number of nitrogens with one attached hydrogen (secondary N) is 1. The molecule has 1 heterocycles. The van der Waals surface area contributed by atoms with Crippen molar-refractivity contribution >= 4 is 21.8 Å². The van der Waals surface area contributed by atoms with E-state index in [1.165, 1.54) is 4.90 Å². The summed E-state index contributed by atoms with van der Waals surface area (Å²) in [6, 6.07) is 8.05. The lowest BCUT2D eigenvalue weighted by molar-refractivity contribution is -0.856. The summed E-state index contributed by atoms with van der Waals surface area (Å²) in [6.07, 6.45) is 4.13. The van der Waals surface area contributed by atoms with Crippen LogP contribution in [0, 0.1) is 0 Å². The van der Waals surface area contributed by atoms with E-state index < -0.39 is 10.4 Å². The highest BCUT2D eigenvalue weighted by atomic mass is 32.3. The second-order valence-electron chi connectivity index (χ2n) is 5.30. The highest BCUT2D eigenvalue weighted by Crippen LogP contribution is 2.18. The Labute approximate surface area is 142 Å². The fraction of sp³-hybridized carbons (Fsp3) is 0.429. The number of hydrogen-bond donors (Lipinski definition) is 1. The normalized spacial score (nSPS) is 20.2. The molecule has 10 heteroatoms. The lowest BCUT2D eigenvalue weighted by atomic mass is 10.3.